The fourth-order valence-corrected chi connectivity index (χ4v) is 3.83. The van der Waals surface area contributed by atoms with E-state index in [0.29, 0.717) is 44.5 Å². The van der Waals surface area contributed by atoms with Gasteiger partial charge < -0.3 is 14.7 Å². The fraction of sp³-hybridized carbons (Fsp3) is 0.571. The Labute approximate surface area is 166 Å². The number of aliphatic carboxylic acids is 1. The van der Waals surface area contributed by atoms with Crippen molar-refractivity contribution in [3.63, 3.8) is 0 Å². The van der Waals surface area contributed by atoms with E-state index in [9.17, 15) is 14.4 Å². The average molecular weight is 390 g/mol. The minimum atomic E-state index is -1.01. The number of anilines is 1. The van der Waals surface area contributed by atoms with Crippen molar-refractivity contribution in [1.82, 2.24) is 4.90 Å². The number of ether oxygens (including phenoxy) is 1. The highest BCUT2D eigenvalue weighted by Gasteiger charge is 2.49. The number of unbranched alkanes of at least 4 members (excludes halogenated alkanes) is 1. The van der Waals surface area contributed by atoms with Gasteiger partial charge in [-0.25, -0.2) is 4.79 Å². The number of piperidine rings is 1. The second-order valence-electron chi connectivity index (χ2n) is 7.13. The number of methoxy groups -OCH3 is 1. The average Bonchev–Trinajstić information content (AvgIpc) is 2.72. The largest absolute Gasteiger partial charge is 0.481 e. The van der Waals surface area contributed by atoms with Crippen LogP contribution < -0.4 is 4.90 Å². The highest BCUT2D eigenvalue weighted by atomic mass is 16.5. The van der Waals surface area contributed by atoms with Crippen LogP contribution in [0.4, 0.5) is 5.69 Å². The van der Waals surface area contributed by atoms with Crippen LogP contribution in [0.15, 0.2) is 30.3 Å². The van der Waals surface area contributed by atoms with E-state index in [2.05, 4.69) is 4.90 Å². The first kappa shape index (κ1) is 21.9. The van der Waals surface area contributed by atoms with Gasteiger partial charge in [-0.1, -0.05) is 25.1 Å². The van der Waals surface area contributed by atoms with E-state index in [1.165, 1.54) is 7.11 Å². The van der Waals surface area contributed by atoms with Crippen LogP contribution in [-0.2, 0) is 19.1 Å². The summed E-state index contributed by atoms with van der Waals surface area (Å²) in [5.74, 6) is -1.27. The molecule has 0 aliphatic carbocycles. The summed E-state index contributed by atoms with van der Waals surface area (Å²) in [4.78, 5) is 40.2. The molecule has 7 nitrogen and oxygen atoms in total. The molecule has 0 spiro atoms. The Morgan fingerprint density at radius 1 is 1.14 bits per heavy atom. The number of esters is 1. The number of carboxylic acid groups (broad SMARTS) is 1. The number of para-hydroxylation sites is 1. The monoisotopic (exact) mass is 390 g/mol. The van der Waals surface area contributed by atoms with Crippen LogP contribution >= 0.6 is 0 Å². The van der Waals surface area contributed by atoms with E-state index in [1.54, 1.807) is 11.8 Å². The molecule has 2 rings (SSSR count). The van der Waals surface area contributed by atoms with Crippen molar-refractivity contribution in [2.75, 3.05) is 31.6 Å². The molecule has 1 amide bonds. The van der Waals surface area contributed by atoms with E-state index in [0.717, 1.165) is 13.0 Å². The maximum Gasteiger partial charge on any atom is 0.332 e. The number of hydrogen-bond donors (Lipinski definition) is 1. The van der Waals surface area contributed by atoms with E-state index in [-0.39, 0.29) is 18.3 Å². The molecular weight excluding hydrogens is 360 g/mol. The first-order valence-electron chi connectivity index (χ1n) is 9.85. The van der Waals surface area contributed by atoms with Crippen molar-refractivity contribution in [3.8, 4) is 0 Å². The molecule has 1 aromatic carbocycles. The van der Waals surface area contributed by atoms with Crippen LogP contribution in [0.2, 0.25) is 0 Å². The molecule has 1 fully saturated rings. The highest BCUT2D eigenvalue weighted by Crippen LogP contribution is 2.35. The standard InChI is InChI=1S/C21H30N2O5/c1-3-18(24)23(17-9-5-4-6-10-17)21(20(27)28-2)12-15-22(16-13-21)14-8-7-11-19(25)26/h4-6,9-10H,3,7-8,11-16H2,1-2H3,(H,25,26). The Kier molecular flexibility index (Phi) is 7.99. The molecule has 154 valence electrons. The Morgan fingerprint density at radius 3 is 2.32 bits per heavy atom. The van der Waals surface area contributed by atoms with Crippen LogP contribution in [0.25, 0.3) is 0 Å². The van der Waals surface area contributed by atoms with E-state index in [4.69, 9.17) is 9.84 Å². The zero-order valence-corrected chi connectivity index (χ0v) is 16.7. The van der Waals surface area contributed by atoms with E-state index < -0.39 is 11.5 Å². The molecule has 1 aliphatic rings. The fourth-order valence-electron chi connectivity index (χ4n) is 3.83. The molecule has 0 bridgehead atoms. The van der Waals surface area contributed by atoms with Gasteiger partial charge in [-0.15, -0.1) is 0 Å². The van der Waals surface area contributed by atoms with Crippen molar-refractivity contribution in [2.45, 2.75) is 51.0 Å². The zero-order valence-electron chi connectivity index (χ0n) is 16.7. The number of amides is 1. The number of carboxylic acids is 1. The van der Waals surface area contributed by atoms with Crippen LogP contribution in [0.3, 0.4) is 0 Å². The zero-order chi connectivity index (χ0) is 20.6. The number of hydrogen-bond acceptors (Lipinski definition) is 5. The number of rotatable bonds is 9. The predicted molar refractivity (Wildman–Crippen MR) is 106 cm³/mol. The third-order valence-corrected chi connectivity index (χ3v) is 5.36. The Bertz CT molecular complexity index is 669. The minimum absolute atomic E-state index is 0.105. The number of nitrogens with zero attached hydrogens (tertiary/aromatic N) is 2. The van der Waals surface area contributed by atoms with Gasteiger partial charge in [0.05, 0.1) is 7.11 Å². The van der Waals surface area contributed by atoms with Crippen molar-refractivity contribution in [2.24, 2.45) is 0 Å². The molecule has 28 heavy (non-hydrogen) atoms. The van der Waals surface area contributed by atoms with E-state index >= 15 is 0 Å². The molecule has 1 N–H and O–H groups in total. The van der Waals surface area contributed by atoms with Crippen LogP contribution in [0.1, 0.15) is 45.4 Å². The molecule has 7 heteroatoms. The molecule has 1 saturated heterocycles. The Morgan fingerprint density at radius 2 is 1.79 bits per heavy atom. The molecule has 0 atom stereocenters. The van der Waals surface area contributed by atoms with Crippen molar-refractivity contribution in [1.29, 1.82) is 0 Å². The molecule has 0 aromatic heterocycles. The lowest BCUT2D eigenvalue weighted by Gasteiger charge is -2.46. The summed E-state index contributed by atoms with van der Waals surface area (Å²) in [6.07, 6.45) is 2.88. The molecule has 1 aromatic rings. The minimum Gasteiger partial charge on any atom is -0.481 e. The third kappa shape index (κ3) is 5.10. The van der Waals surface area contributed by atoms with Crippen LogP contribution in [0, 0.1) is 0 Å². The lowest BCUT2D eigenvalue weighted by Crippen LogP contribution is -2.62. The van der Waals surface area contributed by atoms with Gasteiger partial charge in [-0.05, 0) is 44.4 Å². The Balaban J connectivity index is 2.17. The van der Waals surface area contributed by atoms with Gasteiger partial charge in [0.15, 0.2) is 0 Å². The predicted octanol–water partition coefficient (Wildman–Crippen LogP) is 2.69. The normalized spacial score (nSPS) is 16.4. The van der Waals surface area contributed by atoms with Crippen molar-refractivity contribution < 1.29 is 24.2 Å². The number of likely N-dealkylation sites (tertiary alicyclic amines) is 1. The summed E-state index contributed by atoms with van der Waals surface area (Å²) in [5, 5.41) is 8.75. The maximum absolute atomic E-state index is 12.9. The number of carbonyl (C=O) groups is 3. The summed E-state index contributed by atoms with van der Waals surface area (Å²) in [6, 6.07) is 9.28. The number of carbonyl (C=O) groups excluding carboxylic acids is 2. The van der Waals surface area contributed by atoms with Gasteiger partial charge in [-0.2, -0.15) is 0 Å². The molecule has 0 radical (unpaired) electrons. The Hall–Kier alpha value is -2.41. The van der Waals surface area contributed by atoms with Crippen LogP contribution in [0.5, 0.6) is 0 Å². The van der Waals surface area contributed by atoms with Crippen LogP contribution in [-0.4, -0.2) is 60.1 Å². The lowest BCUT2D eigenvalue weighted by molar-refractivity contribution is -0.151. The van der Waals surface area contributed by atoms with Gasteiger partial charge >= 0.3 is 11.9 Å². The molecule has 1 aliphatic heterocycles. The first-order chi connectivity index (χ1) is 13.4. The smallest absolute Gasteiger partial charge is 0.332 e. The highest BCUT2D eigenvalue weighted by molar-refractivity contribution is 6.02. The second kappa shape index (κ2) is 10.2. The molecule has 0 saturated carbocycles. The summed E-state index contributed by atoms with van der Waals surface area (Å²) < 4.78 is 5.13. The van der Waals surface area contributed by atoms with Gasteiger partial charge in [0.1, 0.15) is 5.54 Å². The van der Waals surface area contributed by atoms with E-state index in [1.807, 2.05) is 30.3 Å². The van der Waals surface area contributed by atoms with Gasteiger partial charge in [-0.3, -0.25) is 14.5 Å². The first-order valence-corrected chi connectivity index (χ1v) is 9.85. The van der Waals surface area contributed by atoms with Gasteiger partial charge in [0.25, 0.3) is 0 Å². The number of benzene rings is 1. The summed E-state index contributed by atoms with van der Waals surface area (Å²) in [5.41, 5.74) is -0.310. The van der Waals surface area contributed by atoms with Crippen molar-refractivity contribution in [3.05, 3.63) is 30.3 Å². The molecular formula is C21H30N2O5. The summed E-state index contributed by atoms with van der Waals surface area (Å²) in [7, 11) is 1.36. The quantitative estimate of drug-likeness (QED) is 0.515. The van der Waals surface area contributed by atoms with Gasteiger partial charge in [0.2, 0.25) is 5.91 Å². The maximum atomic E-state index is 12.9. The van der Waals surface area contributed by atoms with Gasteiger partial charge in [0, 0.05) is 31.6 Å². The lowest BCUT2D eigenvalue weighted by atomic mass is 9.84. The molecule has 1 heterocycles. The third-order valence-electron chi connectivity index (χ3n) is 5.36. The SMILES string of the molecule is CCC(=O)N(c1ccccc1)C1(C(=O)OC)CCN(CCCCC(=O)O)CC1. The summed E-state index contributed by atoms with van der Waals surface area (Å²) in [6.45, 7) is 3.89. The topological polar surface area (TPSA) is 87.2 Å². The van der Waals surface area contributed by atoms with Crippen molar-refractivity contribution >= 4 is 23.5 Å². The summed E-state index contributed by atoms with van der Waals surface area (Å²) >= 11 is 0. The second-order valence-corrected chi connectivity index (χ2v) is 7.13. The molecule has 0 unspecified atom stereocenters.